The van der Waals surface area contributed by atoms with Gasteiger partial charge in [0.25, 0.3) is 0 Å². The summed E-state index contributed by atoms with van der Waals surface area (Å²) in [4.78, 5) is 44.0. The first-order valence-corrected chi connectivity index (χ1v) is 10.7. The van der Waals surface area contributed by atoms with Gasteiger partial charge in [-0.1, -0.05) is 0 Å². The van der Waals surface area contributed by atoms with Crippen LogP contribution in [-0.2, 0) is 28.7 Å². The Hall–Kier alpha value is -2.12. The van der Waals surface area contributed by atoms with Gasteiger partial charge >= 0.3 is 23.9 Å². The minimum atomic E-state index is -0.747. The fraction of sp³-hybridized carbons (Fsp3) is 0.818. The van der Waals surface area contributed by atoms with Gasteiger partial charge in [0.15, 0.2) is 0 Å². The zero-order chi connectivity index (χ0) is 22.9. The second kappa shape index (κ2) is 11.9. The monoisotopic (exact) mass is 428 g/mol. The number of methoxy groups -OCH3 is 1. The molecule has 0 unspecified atom stereocenters. The molecule has 0 aromatic rings. The van der Waals surface area contributed by atoms with Crippen LogP contribution >= 0.6 is 0 Å². The van der Waals surface area contributed by atoms with E-state index in [0.29, 0.717) is 50.9 Å². The van der Waals surface area contributed by atoms with E-state index in [9.17, 15) is 19.2 Å². The molecular formula is C22H36O8. The number of ether oxygens (including phenoxy) is 2. The minimum Gasteiger partial charge on any atom is -0.481 e. The highest BCUT2D eigenvalue weighted by Crippen LogP contribution is 2.31. The average molecular weight is 429 g/mol. The Morgan fingerprint density at radius 2 is 1.17 bits per heavy atom. The quantitative estimate of drug-likeness (QED) is 0.635. The maximum absolute atomic E-state index is 11.6. The second-order valence-electron chi connectivity index (χ2n) is 9.26. The first kappa shape index (κ1) is 25.9. The third-order valence-electron chi connectivity index (χ3n) is 5.68. The van der Waals surface area contributed by atoms with E-state index in [1.165, 1.54) is 7.11 Å². The second-order valence-corrected chi connectivity index (χ2v) is 9.26. The van der Waals surface area contributed by atoms with Crippen molar-refractivity contribution < 1.29 is 38.9 Å². The summed E-state index contributed by atoms with van der Waals surface area (Å²) in [6.45, 7) is 5.56. The van der Waals surface area contributed by atoms with Crippen LogP contribution in [-0.4, -0.2) is 46.8 Å². The Morgan fingerprint density at radius 3 is 1.53 bits per heavy atom. The minimum absolute atomic E-state index is 0.0828. The van der Waals surface area contributed by atoms with Gasteiger partial charge in [-0.05, 0) is 78.1 Å². The first-order valence-electron chi connectivity index (χ1n) is 10.7. The van der Waals surface area contributed by atoms with Gasteiger partial charge in [-0.25, -0.2) is 0 Å². The molecular weight excluding hydrogens is 392 g/mol. The highest BCUT2D eigenvalue weighted by molar-refractivity contribution is 5.74. The smallest absolute Gasteiger partial charge is 0.308 e. The van der Waals surface area contributed by atoms with Gasteiger partial charge in [0.05, 0.1) is 24.9 Å². The van der Waals surface area contributed by atoms with Crippen molar-refractivity contribution in [2.24, 2.45) is 23.7 Å². The van der Waals surface area contributed by atoms with Crippen LogP contribution in [0.15, 0.2) is 0 Å². The molecule has 8 heteroatoms. The van der Waals surface area contributed by atoms with Crippen LogP contribution in [0.5, 0.6) is 0 Å². The summed E-state index contributed by atoms with van der Waals surface area (Å²) in [6, 6.07) is 0. The van der Waals surface area contributed by atoms with Gasteiger partial charge in [0.2, 0.25) is 0 Å². The molecule has 2 aliphatic carbocycles. The lowest BCUT2D eigenvalue weighted by atomic mass is 9.80. The molecule has 0 aromatic heterocycles. The van der Waals surface area contributed by atoms with E-state index in [0.717, 1.165) is 12.8 Å². The summed E-state index contributed by atoms with van der Waals surface area (Å²) in [6.07, 6.45) is 5.89. The number of carboxylic acid groups (broad SMARTS) is 2. The topological polar surface area (TPSA) is 127 Å². The van der Waals surface area contributed by atoms with E-state index in [2.05, 4.69) is 4.74 Å². The molecule has 2 fully saturated rings. The number of aliphatic carboxylic acids is 2. The first-order chi connectivity index (χ1) is 13.9. The molecule has 0 radical (unpaired) electrons. The molecule has 8 nitrogen and oxygen atoms in total. The van der Waals surface area contributed by atoms with Crippen molar-refractivity contribution in [3.05, 3.63) is 0 Å². The molecule has 2 aliphatic rings. The van der Waals surface area contributed by atoms with E-state index >= 15 is 0 Å². The van der Waals surface area contributed by atoms with Crippen LogP contribution in [0.25, 0.3) is 0 Å². The summed E-state index contributed by atoms with van der Waals surface area (Å²) in [5, 5.41) is 17.6. The number of hydrogen-bond donors (Lipinski definition) is 2. The standard InChI is InChI=1S/C13H22O4.C9H14O4/c1-13(2,3)17-11(14)8-9-4-6-10(7-5-9)12(15)16;1-13-9(12)7-4-2-6(3-5-7)8(10)11/h9-10H,4-8H2,1-3H3,(H,15,16);6-7H,2-5H2,1H3,(H,10,11). The Morgan fingerprint density at radius 1 is 0.767 bits per heavy atom. The van der Waals surface area contributed by atoms with Crippen molar-refractivity contribution >= 4 is 23.9 Å². The van der Waals surface area contributed by atoms with E-state index < -0.39 is 17.5 Å². The zero-order valence-electron chi connectivity index (χ0n) is 18.5. The number of carbonyl (C=O) groups excluding carboxylic acids is 2. The number of carbonyl (C=O) groups is 4. The van der Waals surface area contributed by atoms with E-state index in [1.54, 1.807) is 0 Å². The predicted molar refractivity (Wildman–Crippen MR) is 109 cm³/mol. The average Bonchev–Trinajstić information content (AvgIpc) is 2.66. The number of rotatable bonds is 5. The third kappa shape index (κ3) is 9.59. The lowest BCUT2D eigenvalue weighted by Crippen LogP contribution is -2.27. The molecule has 0 heterocycles. The fourth-order valence-corrected chi connectivity index (χ4v) is 3.98. The number of esters is 2. The van der Waals surface area contributed by atoms with Crippen molar-refractivity contribution in [3.63, 3.8) is 0 Å². The molecule has 2 N–H and O–H groups in total. The van der Waals surface area contributed by atoms with E-state index in [4.69, 9.17) is 14.9 Å². The normalized spacial score (nSPS) is 26.5. The SMILES string of the molecule is CC(C)(C)OC(=O)CC1CCC(C(=O)O)CC1.COC(=O)C1CCC(C(=O)O)CC1. The lowest BCUT2D eigenvalue weighted by molar-refractivity contribution is -0.156. The summed E-state index contributed by atoms with van der Waals surface area (Å²) in [7, 11) is 1.37. The van der Waals surface area contributed by atoms with E-state index in [1.807, 2.05) is 20.8 Å². The van der Waals surface area contributed by atoms with Gasteiger partial charge in [-0.2, -0.15) is 0 Å². The molecule has 0 spiro atoms. The predicted octanol–water partition coefficient (Wildman–Crippen LogP) is 3.66. The molecule has 2 rings (SSSR count). The molecule has 0 atom stereocenters. The van der Waals surface area contributed by atoms with Crippen LogP contribution in [0, 0.1) is 23.7 Å². The Balaban J connectivity index is 0.000000311. The summed E-state index contributed by atoms with van der Waals surface area (Å²) < 4.78 is 9.86. The van der Waals surface area contributed by atoms with Gasteiger partial charge < -0.3 is 19.7 Å². The largest absolute Gasteiger partial charge is 0.481 e. The van der Waals surface area contributed by atoms with Crippen molar-refractivity contribution in [2.75, 3.05) is 7.11 Å². The molecule has 0 aliphatic heterocycles. The van der Waals surface area contributed by atoms with Crippen LogP contribution in [0.1, 0.15) is 78.6 Å². The van der Waals surface area contributed by atoms with E-state index in [-0.39, 0.29) is 29.7 Å². The van der Waals surface area contributed by atoms with Crippen molar-refractivity contribution in [1.82, 2.24) is 0 Å². The fourth-order valence-electron chi connectivity index (χ4n) is 3.98. The summed E-state index contributed by atoms with van der Waals surface area (Å²) >= 11 is 0. The maximum atomic E-state index is 11.6. The highest BCUT2D eigenvalue weighted by atomic mass is 16.6. The van der Waals surface area contributed by atoms with Gasteiger partial charge in [0, 0.05) is 6.42 Å². The summed E-state index contributed by atoms with van der Waals surface area (Å²) in [5.74, 6) is -2.10. The van der Waals surface area contributed by atoms with Crippen molar-refractivity contribution in [3.8, 4) is 0 Å². The maximum Gasteiger partial charge on any atom is 0.308 e. The summed E-state index contributed by atoms with van der Waals surface area (Å²) in [5.41, 5.74) is -0.435. The van der Waals surface area contributed by atoms with Crippen LogP contribution in [0.2, 0.25) is 0 Å². The zero-order valence-corrected chi connectivity index (χ0v) is 18.5. The van der Waals surface area contributed by atoms with Crippen molar-refractivity contribution in [2.45, 2.75) is 84.2 Å². The van der Waals surface area contributed by atoms with Gasteiger partial charge in [-0.3, -0.25) is 19.2 Å². The van der Waals surface area contributed by atoms with Crippen LogP contribution < -0.4 is 0 Å². The number of carboxylic acids is 2. The molecule has 0 amide bonds. The third-order valence-corrected chi connectivity index (χ3v) is 5.68. The van der Waals surface area contributed by atoms with Crippen LogP contribution in [0.3, 0.4) is 0 Å². The highest BCUT2D eigenvalue weighted by Gasteiger charge is 2.30. The Kier molecular flexibility index (Phi) is 10.3. The molecule has 30 heavy (non-hydrogen) atoms. The van der Waals surface area contributed by atoms with Gasteiger partial charge in [-0.15, -0.1) is 0 Å². The molecule has 0 aromatic carbocycles. The van der Waals surface area contributed by atoms with Crippen molar-refractivity contribution in [1.29, 1.82) is 0 Å². The molecule has 0 bridgehead atoms. The lowest BCUT2D eigenvalue weighted by Gasteiger charge is -2.27. The van der Waals surface area contributed by atoms with Gasteiger partial charge in [0.1, 0.15) is 5.60 Å². The number of hydrogen-bond acceptors (Lipinski definition) is 6. The Bertz CT molecular complexity index is 591. The molecule has 0 saturated heterocycles. The molecule has 172 valence electrons. The Labute approximate surface area is 178 Å². The van der Waals surface area contributed by atoms with Crippen LogP contribution in [0.4, 0.5) is 0 Å². The molecule has 2 saturated carbocycles.